The molecule has 1 aromatic heterocycles. The van der Waals surface area contributed by atoms with Gasteiger partial charge in [0.05, 0.1) is 39.1 Å². The number of fused-ring (bicyclic) bond motifs is 11. The van der Waals surface area contributed by atoms with Crippen LogP contribution in [-0.2, 0) is 15.1 Å². The molecular weight excluding hydrogens is 507 g/mol. The van der Waals surface area contributed by atoms with Crippen molar-refractivity contribution >= 4 is 40.0 Å². The predicted molar refractivity (Wildman–Crippen MR) is 139 cm³/mol. The summed E-state index contributed by atoms with van der Waals surface area (Å²) >= 11 is 6.04. The highest BCUT2D eigenvalue weighted by Crippen LogP contribution is 2.62. The summed E-state index contributed by atoms with van der Waals surface area (Å²) in [5.41, 5.74) is 0.995. The number of halogens is 2. The van der Waals surface area contributed by atoms with Gasteiger partial charge in [-0.2, -0.15) is 0 Å². The van der Waals surface area contributed by atoms with Gasteiger partial charge >= 0.3 is 0 Å². The first kappa shape index (κ1) is 22.1. The first-order valence-electron chi connectivity index (χ1n) is 12.7. The molecule has 0 radical (unpaired) electrons. The highest BCUT2D eigenvalue weighted by atomic mass is 35.5. The molecule has 4 aromatic rings. The fraction of sp³-hybridized carbons (Fsp3) is 0.241. The number of carbonyl (C=O) groups excluding carboxylic acids is 2. The molecule has 8 rings (SSSR count). The topological polar surface area (TPSA) is 75.5 Å². The molecule has 5 heterocycles. The number of aromatic nitrogens is 2. The molecule has 0 bridgehead atoms. The van der Waals surface area contributed by atoms with Crippen molar-refractivity contribution in [3.8, 4) is 5.69 Å². The lowest BCUT2D eigenvalue weighted by atomic mass is 9.75. The fourth-order valence-corrected chi connectivity index (χ4v) is 7.67. The number of hydrogen-bond donors (Lipinski definition) is 0. The van der Waals surface area contributed by atoms with Crippen LogP contribution in [0.25, 0.3) is 16.6 Å². The number of nitrogens with zero attached hydrogens (tertiary/aromatic N) is 4. The quantitative estimate of drug-likeness (QED) is 0.350. The van der Waals surface area contributed by atoms with Crippen LogP contribution >= 0.6 is 11.6 Å². The van der Waals surface area contributed by atoms with Crippen molar-refractivity contribution in [1.82, 2.24) is 14.5 Å². The van der Waals surface area contributed by atoms with Gasteiger partial charge in [0.25, 0.3) is 5.56 Å². The molecule has 0 N–H and O–H groups in total. The van der Waals surface area contributed by atoms with Crippen LogP contribution in [0.2, 0.25) is 5.02 Å². The van der Waals surface area contributed by atoms with Crippen molar-refractivity contribution < 1.29 is 14.0 Å². The minimum absolute atomic E-state index is 0.159. The summed E-state index contributed by atoms with van der Waals surface area (Å²) in [4.78, 5) is 50.8. The molecule has 2 amide bonds. The Morgan fingerprint density at radius 2 is 1.76 bits per heavy atom. The van der Waals surface area contributed by atoms with Gasteiger partial charge in [-0.25, -0.2) is 14.3 Å². The minimum Gasteiger partial charge on any atom is -0.283 e. The Balaban J connectivity index is 1.44. The van der Waals surface area contributed by atoms with Gasteiger partial charge in [-0.15, -0.1) is 0 Å². The van der Waals surface area contributed by atoms with Crippen molar-refractivity contribution in [1.29, 1.82) is 0 Å². The standard InChI is InChI=1S/C29H20ClFN4O3/c30-18-14-15(11-12-19(18)31)34-26(37)23-22-10-5-13-33(22)29(24(23)27(34)38)17-7-2-4-9-21(17)35-25(36)16-6-1-3-8-20(16)32-28(29)35/h1-4,6-9,11-12,14,22-24H,5,10,13H2/t22?,23-,24+,29?/m0/s1. The van der Waals surface area contributed by atoms with Gasteiger partial charge in [-0.3, -0.25) is 23.9 Å². The molecule has 0 saturated carbocycles. The Bertz CT molecular complexity index is 1800. The van der Waals surface area contributed by atoms with Crippen molar-refractivity contribution in [3.05, 3.63) is 99.3 Å². The van der Waals surface area contributed by atoms with Crippen molar-refractivity contribution in [3.63, 3.8) is 0 Å². The van der Waals surface area contributed by atoms with Gasteiger partial charge in [0.1, 0.15) is 17.2 Å². The molecule has 3 aromatic carbocycles. The van der Waals surface area contributed by atoms with Crippen LogP contribution in [0.5, 0.6) is 0 Å². The number of benzene rings is 3. The zero-order valence-corrected chi connectivity index (χ0v) is 20.7. The number of anilines is 1. The molecule has 7 nitrogen and oxygen atoms in total. The van der Waals surface area contributed by atoms with E-state index in [0.717, 1.165) is 29.4 Å². The summed E-state index contributed by atoms with van der Waals surface area (Å²) in [5.74, 6) is -2.29. The van der Waals surface area contributed by atoms with Crippen molar-refractivity contribution in [2.45, 2.75) is 24.4 Å². The highest BCUT2D eigenvalue weighted by Gasteiger charge is 2.73. The van der Waals surface area contributed by atoms with E-state index in [1.807, 2.05) is 36.4 Å². The SMILES string of the molecule is O=C1[C@H]2C3CCCN3C3(c4ccccc4-n4c3nc3ccccc3c4=O)[C@H]2C(=O)N1c1ccc(F)c(Cl)c1. The number of imide groups is 1. The average molecular weight is 527 g/mol. The van der Waals surface area contributed by atoms with E-state index in [4.69, 9.17) is 16.6 Å². The third-order valence-corrected chi connectivity index (χ3v) is 9.09. The zero-order valence-electron chi connectivity index (χ0n) is 20.0. The largest absolute Gasteiger partial charge is 0.283 e. The molecule has 2 unspecified atom stereocenters. The van der Waals surface area contributed by atoms with E-state index in [1.165, 1.54) is 12.1 Å². The van der Waals surface area contributed by atoms with Gasteiger partial charge < -0.3 is 0 Å². The first-order valence-corrected chi connectivity index (χ1v) is 13.0. The van der Waals surface area contributed by atoms with Crippen LogP contribution in [0.3, 0.4) is 0 Å². The lowest BCUT2D eigenvalue weighted by Crippen LogP contribution is -2.51. The van der Waals surface area contributed by atoms with E-state index in [9.17, 15) is 18.8 Å². The molecular formula is C29H20ClFN4O3. The van der Waals surface area contributed by atoms with E-state index in [0.29, 0.717) is 29.0 Å². The second-order valence-electron chi connectivity index (χ2n) is 10.4. The van der Waals surface area contributed by atoms with Gasteiger partial charge in [0.2, 0.25) is 11.8 Å². The van der Waals surface area contributed by atoms with Crippen LogP contribution in [0, 0.1) is 17.7 Å². The van der Waals surface area contributed by atoms with Crippen LogP contribution in [-0.4, -0.2) is 38.9 Å². The molecule has 1 spiro atoms. The number of hydrogen-bond acceptors (Lipinski definition) is 5. The van der Waals surface area contributed by atoms with E-state index in [-0.39, 0.29) is 34.1 Å². The summed E-state index contributed by atoms with van der Waals surface area (Å²) in [6, 6.07) is 18.5. The average Bonchev–Trinajstić information content (AvgIpc) is 3.63. The first-order chi connectivity index (χ1) is 18.4. The third-order valence-electron chi connectivity index (χ3n) is 8.80. The lowest BCUT2D eigenvalue weighted by Gasteiger charge is -2.38. The summed E-state index contributed by atoms with van der Waals surface area (Å²) in [7, 11) is 0. The van der Waals surface area contributed by atoms with Crippen LogP contribution < -0.4 is 10.5 Å². The number of carbonyl (C=O) groups is 2. The molecule has 4 aliphatic heterocycles. The van der Waals surface area contributed by atoms with Crippen LogP contribution in [0.1, 0.15) is 24.2 Å². The van der Waals surface area contributed by atoms with Crippen molar-refractivity contribution in [2.24, 2.45) is 11.8 Å². The van der Waals surface area contributed by atoms with Gasteiger partial charge in [0, 0.05) is 11.6 Å². The monoisotopic (exact) mass is 526 g/mol. The molecule has 4 aliphatic rings. The minimum atomic E-state index is -1.09. The van der Waals surface area contributed by atoms with Crippen molar-refractivity contribution in [2.75, 3.05) is 11.4 Å². The zero-order chi connectivity index (χ0) is 25.9. The smallest absolute Gasteiger partial charge is 0.266 e. The van der Waals surface area contributed by atoms with E-state index < -0.39 is 23.2 Å². The summed E-state index contributed by atoms with van der Waals surface area (Å²) in [5, 5.41) is 0.334. The lowest BCUT2D eigenvalue weighted by molar-refractivity contribution is -0.124. The molecule has 38 heavy (non-hydrogen) atoms. The second kappa shape index (κ2) is 7.36. The maximum atomic E-state index is 14.4. The molecule has 188 valence electrons. The summed E-state index contributed by atoms with van der Waals surface area (Å²) in [6.07, 6.45) is 1.61. The predicted octanol–water partition coefficient (Wildman–Crippen LogP) is 4.02. The number of para-hydroxylation sites is 2. The Morgan fingerprint density at radius 3 is 2.61 bits per heavy atom. The molecule has 3 saturated heterocycles. The maximum absolute atomic E-state index is 14.4. The third kappa shape index (κ3) is 2.43. The molecule has 3 fully saturated rings. The normalized spacial score (nSPS) is 27.3. The molecule has 0 aliphatic carbocycles. The highest BCUT2D eigenvalue weighted by molar-refractivity contribution is 6.31. The maximum Gasteiger partial charge on any atom is 0.266 e. The van der Waals surface area contributed by atoms with Gasteiger partial charge in [-0.1, -0.05) is 41.9 Å². The summed E-state index contributed by atoms with van der Waals surface area (Å²) < 4.78 is 15.6. The van der Waals surface area contributed by atoms with E-state index in [1.54, 1.807) is 16.7 Å². The van der Waals surface area contributed by atoms with E-state index in [2.05, 4.69) is 4.90 Å². The fourth-order valence-electron chi connectivity index (χ4n) is 7.49. The van der Waals surface area contributed by atoms with Crippen LogP contribution in [0.15, 0.2) is 71.5 Å². The Morgan fingerprint density at radius 1 is 0.974 bits per heavy atom. The number of amides is 2. The van der Waals surface area contributed by atoms with Gasteiger partial charge in [-0.05, 0) is 55.8 Å². The Labute approximate surface area is 221 Å². The van der Waals surface area contributed by atoms with E-state index >= 15 is 0 Å². The molecule has 9 heteroatoms. The van der Waals surface area contributed by atoms with Crippen LogP contribution in [0.4, 0.5) is 10.1 Å². The number of rotatable bonds is 1. The second-order valence-corrected chi connectivity index (χ2v) is 10.8. The molecule has 4 atom stereocenters. The summed E-state index contributed by atoms with van der Waals surface area (Å²) in [6.45, 7) is 0.678. The van der Waals surface area contributed by atoms with Gasteiger partial charge in [0.15, 0.2) is 0 Å². The Kier molecular flexibility index (Phi) is 4.29. The Hall–Kier alpha value is -3.88.